The molecule has 5 heavy (non-hydrogen) atoms. The fourth-order valence-electron chi connectivity index (χ4n) is 0. The molecule has 0 aromatic heterocycles. The number of nitrogens with one attached hydrogen (secondary N) is 2. The van der Waals surface area contributed by atoms with Crippen molar-refractivity contribution >= 4 is 23.1 Å². The molecule has 0 saturated heterocycles. The zero-order valence-electron chi connectivity index (χ0n) is 2.86. The van der Waals surface area contributed by atoms with E-state index in [4.69, 9.17) is 11.7 Å². The topological polar surface area (TPSA) is 99.6 Å². The van der Waals surface area contributed by atoms with E-state index in [9.17, 15) is 0 Å². The maximum Gasteiger partial charge on any atom is 2.00 e. The van der Waals surface area contributed by atoms with Crippen LogP contribution in [0.4, 0.5) is 0 Å². The maximum atomic E-state index is 5.25. The average molecular weight is 86.4 g/mol. The molecule has 0 aromatic rings. The molecule has 0 atom stereocenters. The van der Waals surface area contributed by atoms with E-state index in [1.807, 2.05) is 0 Å². The van der Waals surface area contributed by atoms with Gasteiger partial charge in [0.15, 0.2) is 0 Å². The Kier molecular flexibility index (Phi) is 571. The van der Waals surface area contributed by atoms with Gasteiger partial charge in [0, 0.05) is 0 Å². The summed E-state index contributed by atoms with van der Waals surface area (Å²) >= 11 is 0. The van der Waals surface area contributed by atoms with Gasteiger partial charge in [-0.2, -0.15) is 0 Å². The Morgan fingerprint density at radius 1 is 0.800 bits per heavy atom. The van der Waals surface area contributed by atoms with Crippen molar-refractivity contribution in [3.05, 3.63) is 11.7 Å². The van der Waals surface area contributed by atoms with Gasteiger partial charge < -0.3 is 23.4 Å². The van der Waals surface area contributed by atoms with Crippen LogP contribution in [0.25, 0.3) is 11.7 Å². The van der Waals surface area contributed by atoms with Crippen LogP contribution in [0.3, 0.4) is 0 Å². The van der Waals surface area contributed by atoms with Crippen molar-refractivity contribution < 1.29 is 0 Å². The molecule has 0 aliphatic rings. The third kappa shape index (κ3) is 85.1. The number of rotatable bonds is 0. The predicted octanol–water partition coefficient (Wildman–Crippen LogP) is -0.556. The molecule has 0 radical (unpaired) electrons. The summed E-state index contributed by atoms with van der Waals surface area (Å²) in [6, 6.07) is 0. The molecule has 0 amide bonds. The molecule has 5 heteroatoms. The average Bonchev–Trinajstić information content (AvgIpc) is 1.50. The molecule has 0 aromatic carbocycles. The van der Waals surface area contributed by atoms with Gasteiger partial charge in [0.2, 0.25) is 0 Å². The van der Waals surface area contributed by atoms with Gasteiger partial charge in [-0.1, -0.05) is 0 Å². The fraction of sp³-hybridized carbons (Fsp3) is 0. The molecule has 0 aliphatic carbocycles. The molecule has 0 unspecified atom stereocenters. The molecule has 0 spiro atoms. The molecule has 0 aliphatic heterocycles. The normalized spacial score (nSPS) is 2.40. The van der Waals surface area contributed by atoms with Crippen molar-refractivity contribution in [1.29, 1.82) is 0 Å². The third-order valence-corrected chi connectivity index (χ3v) is 0. The van der Waals surface area contributed by atoms with Crippen LogP contribution in [-0.2, 0) is 0 Å². The molecular formula is H6MgN4. The van der Waals surface area contributed by atoms with Crippen LogP contribution in [0.2, 0.25) is 0 Å². The van der Waals surface area contributed by atoms with E-state index in [1.165, 1.54) is 0 Å². The predicted molar refractivity (Wildman–Crippen MR) is 22.8 cm³/mol. The van der Waals surface area contributed by atoms with Gasteiger partial charge in [-0.25, -0.2) is 0 Å². The standard InChI is InChI=1S/Mg.2H3N2/c;2*1-2/h;2*1H,2H2/q+2;2*-1. The molecule has 28 valence electrons. The van der Waals surface area contributed by atoms with Crippen LogP contribution in [0.15, 0.2) is 0 Å². The molecule has 4 nitrogen and oxygen atoms in total. The first-order valence-electron chi connectivity index (χ1n) is 0.577. The monoisotopic (exact) mass is 86.0 g/mol. The van der Waals surface area contributed by atoms with Crippen LogP contribution in [0, 0.1) is 0 Å². The Hall–Kier alpha value is 0.606. The van der Waals surface area contributed by atoms with Gasteiger partial charge in [-0.15, -0.1) is 0 Å². The van der Waals surface area contributed by atoms with E-state index in [1.54, 1.807) is 0 Å². The van der Waals surface area contributed by atoms with Crippen molar-refractivity contribution in [1.82, 2.24) is 0 Å². The summed E-state index contributed by atoms with van der Waals surface area (Å²) in [6.45, 7) is 0. The summed E-state index contributed by atoms with van der Waals surface area (Å²) in [5.74, 6) is 18.0. The van der Waals surface area contributed by atoms with Gasteiger partial charge in [0.25, 0.3) is 0 Å². The summed E-state index contributed by atoms with van der Waals surface area (Å²) in [4.78, 5) is 0. The van der Waals surface area contributed by atoms with Crippen molar-refractivity contribution in [3.8, 4) is 0 Å². The molecular weight excluding hydrogens is 80.3 g/mol. The van der Waals surface area contributed by atoms with Crippen molar-refractivity contribution in [2.24, 2.45) is 11.7 Å². The Morgan fingerprint density at radius 3 is 0.800 bits per heavy atom. The number of hydrogen-bond donors (Lipinski definition) is 2. The van der Waals surface area contributed by atoms with Crippen LogP contribution in [0.1, 0.15) is 0 Å². The van der Waals surface area contributed by atoms with Gasteiger partial charge in [0.05, 0.1) is 0 Å². The largest absolute Gasteiger partial charge is 2.00 e. The van der Waals surface area contributed by atoms with E-state index in [2.05, 4.69) is 11.7 Å². The van der Waals surface area contributed by atoms with Crippen molar-refractivity contribution in [2.75, 3.05) is 0 Å². The van der Waals surface area contributed by atoms with Gasteiger partial charge >= 0.3 is 23.1 Å². The molecule has 6 N–H and O–H groups in total. The molecule has 0 rings (SSSR count). The quantitative estimate of drug-likeness (QED) is 0.235. The Labute approximate surface area is 46.9 Å². The van der Waals surface area contributed by atoms with E-state index in [-0.39, 0.29) is 23.1 Å². The van der Waals surface area contributed by atoms with E-state index in [0.717, 1.165) is 0 Å². The summed E-state index contributed by atoms with van der Waals surface area (Å²) in [7, 11) is 0. The van der Waals surface area contributed by atoms with E-state index in [0.29, 0.717) is 0 Å². The third-order valence-electron chi connectivity index (χ3n) is 0. The second-order valence-corrected chi connectivity index (χ2v) is 0. The molecule has 0 heterocycles. The first kappa shape index (κ1) is 17.5. The van der Waals surface area contributed by atoms with Crippen LogP contribution in [0.5, 0.6) is 0 Å². The van der Waals surface area contributed by atoms with Crippen molar-refractivity contribution in [2.45, 2.75) is 0 Å². The van der Waals surface area contributed by atoms with Gasteiger partial charge in [-0.3, -0.25) is 0 Å². The van der Waals surface area contributed by atoms with Crippen LogP contribution >= 0.6 is 0 Å². The summed E-state index contributed by atoms with van der Waals surface area (Å²) < 4.78 is 0. The Bertz CT molecular complexity index is 3.61. The first-order chi connectivity index (χ1) is 2.00. The summed E-state index contributed by atoms with van der Waals surface area (Å²) in [5, 5.41) is 0. The number of hydrogen-bond acceptors (Lipinski definition) is 2. The minimum atomic E-state index is 0. The minimum absolute atomic E-state index is 0. The summed E-state index contributed by atoms with van der Waals surface area (Å²) in [6.07, 6.45) is 0. The zero-order valence-corrected chi connectivity index (χ0v) is 4.28. The van der Waals surface area contributed by atoms with Crippen LogP contribution in [-0.4, -0.2) is 23.1 Å². The summed E-state index contributed by atoms with van der Waals surface area (Å²) in [5.41, 5.74) is 0. The SMILES string of the molecule is [Mg+2].[NH-]N.[NH-]N. The fourth-order valence-corrected chi connectivity index (χ4v) is 0. The molecule has 0 fully saturated rings. The Balaban J connectivity index is -0.0000000133. The first-order valence-corrected chi connectivity index (χ1v) is 0.577. The van der Waals surface area contributed by atoms with Gasteiger partial charge in [-0.05, 0) is 0 Å². The smallest absolute Gasteiger partial charge is 0.615 e. The van der Waals surface area contributed by atoms with E-state index >= 15 is 0 Å². The maximum absolute atomic E-state index is 5.25. The van der Waals surface area contributed by atoms with Gasteiger partial charge in [0.1, 0.15) is 0 Å². The number of nitrogens with two attached hydrogens (primary N) is 2. The van der Waals surface area contributed by atoms with Crippen LogP contribution < -0.4 is 11.7 Å². The second-order valence-electron chi connectivity index (χ2n) is 0. The van der Waals surface area contributed by atoms with Crippen molar-refractivity contribution in [3.63, 3.8) is 0 Å². The minimum Gasteiger partial charge on any atom is -0.615 e. The molecule has 0 saturated carbocycles. The van der Waals surface area contributed by atoms with E-state index < -0.39 is 0 Å². The Morgan fingerprint density at radius 2 is 0.800 bits per heavy atom. The second kappa shape index (κ2) is 163. The molecule has 0 bridgehead atoms. The zero-order chi connectivity index (χ0) is 4.00.